The number of allylic oxidation sites excluding steroid dienone is 2. The lowest BCUT2D eigenvalue weighted by molar-refractivity contribution is -0.164. The summed E-state index contributed by atoms with van der Waals surface area (Å²) in [6.07, 6.45) is 2.51. The van der Waals surface area contributed by atoms with Crippen molar-refractivity contribution in [2.24, 2.45) is 0 Å². The van der Waals surface area contributed by atoms with Crippen molar-refractivity contribution in [3.63, 3.8) is 0 Å². The average molecular weight is 241 g/mol. The SMILES string of the molecule is CNC(=O)/C(C)=C/C=C(\C)C(=O)OC(C)OC. The first-order chi connectivity index (χ1) is 7.92. The normalized spacial score (nSPS) is 14.2. The van der Waals surface area contributed by atoms with Gasteiger partial charge in [0.25, 0.3) is 0 Å². The Morgan fingerprint density at radius 3 is 2.18 bits per heavy atom. The van der Waals surface area contributed by atoms with Gasteiger partial charge in [-0.25, -0.2) is 4.79 Å². The van der Waals surface area contributed by atoms with Gasteiger partial charge in [0.2, 0.25) is 5.91 Å². The molecule has 0 fully saturated rings. The topological polar surface area (TPSA) is 64.6 Å². The first-order valence-corrected chi connectivity index (χ1v) is 5.23. The van der Waals surface area contributed by atoms with Gasteiger partial charge in [0, 0.05) is 25.3 Å². The van der Waals surface area contributed by atoms with Crippen LogP contribution in [-0.2, 0) is 19.1 Å². The number of esters is 1. The van der Waals surface area contributed by atoms with E-state index in [1.807, 2.05) is 0 Å². The summed E-state index contributed by atoms with van der Waals surface area (Å²) in [4.78, 5) is 22.6. The maximum Gasteiger partial charge on any atom is 0.336 e. The fraction of sp³-hybridized carbons (Fsp3) is 0.500. The molecule has 0 bridgehead atoms. The Morgan fingerprint density at radius 1 is 1.18 bits per heavy atom. The van der Waals surface area contributed by atoms with Gasteiger partial charge in [-0.15, -0.1) is 0 Å². The van der Waals surface area contributed by atoms with Gasteiger partial charge < -0.3 is 14.8 Å². The van der Waals surface area contributed by atoms with Crippen LogP contribution in [0.2, 0.25) is 0 Å². The van der Waals surface area contributed by atoms with Crippen LogP contribution in [0.5, 0.6) is 0 Å². The molecule has 0 aromatic rings. The van der Waals surface area contributed by atoms with Gasteiger partial charge in [0.05, 0.1) is 0 Å². The van der Waals surface area contributed by atoms with Crippen LogP contribution in [0.4, 0.5) is 0 Å². The summed E-state index contributed by atoms with van der Waals surface area (Å²) in [6, 6.07) is 0. The van der Waals surface area contributed by atoms with Crippen LogP contribution in [0.25, 0.3) is 0 Å². The number of carbonyl (C=O) groups is 2. The molecule has 5 heteroatoms. The van der Waals surface area contributed by atoms with E-state index >= 15 is 0 Å². The maximum absolute atomic E-state index is 11.5. The second-order valence-electron chi connectivity index (χ2n) is 3.49. The molecule has 1 N–H and O–H groups in total. The van der Waals surface area contributed by atoms with E-state index in [0.717, 1.165) is 0 Å². The molecule has 0 aromatic carbocycles. The Balaban J connectivity index is 4.54. The average Bonchev–Trinajstić information content (AvgIpc) is 2.33. The maximum atomic E-state index is 11.5. The molecule has 1 amide bonds. The van der Waals surface area contributed by atoms with E-state index in [1.54, 1.807) is 33.9 Å². The number of amides is 1. The lowest BCUT2D eigenvalue weighted by Gasteiger charge is -2.10. The zero-order chi connectivity index (χ0) is 13.4. The van der Waals surface area contributed by atoms with Crippen molar-refractivity contribution in [2.75, 3.05) is 14.2 Å². The molecule has 0 rings (SSSR count). The second kappa shape index (κ2) is 7.62. The van der Waals surface area contributed by atoms with Crippen LogP contribution in [-0.4, -0.2) is 32.3 Å². The number of methoxy groups -OCH3 is 1. The number of nitrogens with one attached hydrogen (secondary N) is 1. The van der Waals surface area contributed by atoms with Gasteiger partial charge in [-0.2, -0.15) is 0 Å². The summed E-state index contributed by atoms with van der Waals surface area (Å²) in [5.74, 6) is -0.659. The minimum Gasteiger partial charge on any atom is -0.433 e. The molecular formula is C12H19NO4. The van der Waals surface area contributed by atoms with Crippen molar-refractivity contribution in [1.82, 2.24) is 5.32 Å². The Morgan fingerprint density at radius 2 is 1.71 bits per heavy atom. The molecule has 1 atom stereocenters. The minimum absolute atomic E-state index is 0.187. The highest BCUT2D eigenvalue weighted by atomic mass is 16.7. The van der Waals surface area contributed by atoms with Crippen LogP contribution < -0.4 is 5.32 Å². The van der Waals surface area contributed by atoms with E-state index in [-0.39, 0.29) is 5.91 Å². The molecule has 96 valence electrons. The smallest absolute Gasteiger partial charge is 0.336 e. The Hall–Kier alpha value is -1.62. The summed E-state index contributed by atoms with van der Waals surface area (Å²) in [5, 5.41) is 2.49. The van der Waals surface area contributed by atoms with Crippen molar-refractivity contribution in [1.29, 1.82) is 0 Å². The first-order valence-electron chi connectivity index (χ1n) is 5.23. The number of carbonyl (C=O) groups excluding carboxylic acids is 2. The Bertz CT molecular complexity index is 344. The predicted molar refractivity (Wildman–Crippen MR) is 64.1 cm³/mol. The van der Waals surface area contributed by atoms with Crippen LogP contribution in [0.1, 0.15) is 20.8 Å². The van der Waals surface area contributed by atoms with Crippen molar-refractivity contribution < 1.29 is 19.1 Å². The van der Waals surface area contributed by atoms with Crippen LogP contribution >= 0.6 is 0 Å². The lowest BCUT2D eigenvalue weighted by atomic mass is 10.2. The van der Waals surface area contributed by atoms with Crippen molar-refractivity contribution >= 4 is 11.9 Å². The molecule has 0 radical (unpaired) electrons. The number of rotatable bonds is 5. The standard InChI is InChI=1S/C12H19NO4/c1-8(11(14)13-4)6-7-9(2)12(15)17-10(3)16-5/h6-7,10H,1-5H3,(H,13,14)/b8-6+,9-7+. The van der Waals surface area contributed by atoms with Gasteiger partial charge >= 0.3 is 5.97 Å². The van der Waals surface area contributed by atoms with Gasteiger partial charge in [-0.05, 0) is 20.8 Å². The van der Waals surface area contributed by atoms with Gasteiger partial charge in [-0.3, -0.25) is 4.79 Å². The van der Waals surface area contributed by atoms with Gasteiger partial charge in [-0.1, -0.05) is 12.2 Å². The second-order valence-corrected chi connectivity index (χ2v) is 3.49. The molecule has 0 aromatic heterocycles. The van der Waals surface area contributed by atoms with Crippen molar-refractivity contribution in [3.8, 4) is 0 Å². The van der Waals surface area contributed by atoms with E-state index in [0.29, 0.717) is 11.1 Å². The Labute approximate surface area is 101 Å². The number of ether oxygens (including phenoxy) is 2. The number of likely N-dealkylation sites (N-methyl/N-ethyl adjacent to an activating group) is 1. The largest absolute Gasteiger partial charge is 0.433 e. The minimum atomic E-state index is -0.588. The van der Waals surface area contributed by atoms with E-state index in [1.165, 1.54) is 13.2 Å². The zero-order valence-corrected chi connectivity index (χ0v) is 10.9. The summed E-state index contributed by atoms with van der Waals surface area (Å²) in [6.45, 7) is 4.89. The summed E-state index contributed by atoms with van der Waals surface area (Å²) in [7, 11) is 3.00. The highest BCUT2D eigenvalue weighted by Crippen LogP contribution is 2.03. The van der Waals surface area contributed by atoms with Gasteiger partial charge in [0.15, 0.2) is 6.29 Å². The summed E-state index contributed by atoms with van der Waals surface area (Å²) in [5.41, 5.74) is 0.914. The fourth-order valence-electron chi connectivity index (χ4n) is 0.883. The van der Waals surface area contributed by atoms with Crippen LogP contribution in [0.15, 0.2) is 23.3 Å². The number of hydrogen-bond donors (Lipinski definition) is 1. The molecule has 0 spiro atoms. The summed E-state index contributed by atoms with van der Waals surface area (Å²) < 4.78 is 9.72. The predicted octanol–water partition coefficient (Wildman–Crippen LogP) is 1.16. The quantitative estimate of drug-likeness (QED) is 0.339. The van der Waals surface area contributed by atoms with E-state index in [4.69, 9.17) is 9.47 Å². The third kappa shape index (κ3) is 5.87. The molecule has 0 aliphatic carbocycles. The molecule has 0 saturated carbocycles. The molecule has 0 heterocycles. The third-order valence-corrected chi connectivity index (χ3v) is 2.10. The van der Waals surface area contributed by atoms with Gasteiger partial charge in [0.1, 0.15) is 0 Å². The van der Waals surface area contributed by atoms with Crippen molar-refractivity contribution in [2.45, 2.75) is 27.1 Å². The lowest BCUT2D eigenvalue weighted by Crippen LogP contribution is -2.18. The monoisotopic (exact) mass is 241 g/mol. The fourth-order valence-corrected chi connectivity index (χ4v) is 0.883. The third-order valence-electron chi connectivity index (χ3n) is 2.10. The molecular weight excluding hydrogens is 222 g/mol. The first kappa shape index (κ1) is 15.4. The van der Waals surface area contributed by atoms with E-state index in [9.17, 15) is 9.59 Å². The molecule has 5 nitrogen and oxygen atoms in total. The molecule has 1 unspecified atom stereocenters. The Kier molecular flexibility index (Phi) is 6.89. The highest BCUT2D eigenvalue weighted by molar-refractivity contribution is 5.93. The molecule has 0 aliphatic rings. The van der Waals surface area contributed by atoms with E-state index < -0.39 is 12.3 Å². The van der Waals surface area contributed by atoms with Crippen molar-refractivity contribution in [3.05, 3.63) is 23.3 Å². The summed E-state index contributed by atoms with van der Waals surface area (Å²) >= 11 is 0. The highest BCUT2D eigenvalue weighted by Gasteiger charge is 2.09. The van der Waals surface area contributed by atoms with Crippen LogP contribution in [0, 0.1) is 0 Å². The molecule has 0 saturated heterocycles. The van der Waals surface area contributed by atoms with Crippen LogP contribution in [0.3, 0.4) is 0 Å². The molecule has 17 heavy (non-hydrogen) atoms. The zero-order valence-electron chi connectivity index (χ0n) is 10.9. The molecule has 0 aliphatic heterocycles. The number of hydrogen-bond acceptors (Lipinski definition) is 4. The van der Waals surface area contributed by atoms with E-state index in [2.05, 4.69) is 5.32 Å².